The molecule has 0 unspecified atom stereocenters. The Hall–Kier alpha value is -1.72. The predicted molar refractivity (Wildman–Crippen MR) is 83.4 cm³/mol. The Morgan fingerprint density at radius 2 is 1.86 bits per heavy atom. The van der Waals surface area contributed by atoms with Gasteiger partial charge in [0.1, 0.15) is 5.82 Å². The van der Waals surface area contributed by atoms with Crippen molar-refractivity contribution >= 4 is 10.0 Å². The van der Waals surface area contributed by atoms with Gasteiger partial charge in [0.05, 0.1) is 10.9 Å². The van der Waals surface area contributed by atoms with Crippen LogP contribution >= 0.6 is 0 Å². The molecule has 3 nitrogen and oxygen atoms in total. The Morgan fingerprint density at radius 1 is 1.14 bits per heavy atom. The van der Waals surface area contributed by atoms with Crippen LogP contribution in [0.15, 0.2) is 53.4 Å². The van der Waals surface area contributed by atoms with Crippen LogP contribution in [0.25, 0.3) is 0 Å². The van der Waals surface area contributed by atoms with Gasteiger partial charge >= 0.3 is 0 Å². The monoisotopic (exact) mass is 319 g/mol. The predicted octanol–water partition coefficient (Wildman–Crippen LogP) is 3.66. The van der Waals surface area contributed by atoms with Gasteiger partial charge in [-0.15, -0.1) is 0 Å². The number of aryl methyl sites for hydroxylation is 1. The molecule has 3 rings (SSSR count). The molecule has 0 aromatic heterocycles. The Bertz CT molecular complexity index is 772. The van der Waals surface area contributed by atoms with Crippen molar-refractivity contribution < 1.29 is 12.8 Å². The first-order valence-corrected chi connectivity index (χ1v) is 8.76. The minimum atomic E-state index is -3.53. The maximum atomic E-state index is 13.1. The molecular formula is C17H18FNO2S. The lowest BCUT2D eigenvalue weighted by atomic mass is 10.1. The van der Waals surface area contributed by atoms with E-state index in [1.165, 1.54) is 16.4 Å². The smallest absolute Gasteiger partial charge is 0.207 e. The van der Waals surface area contributed by atoms with Gasteiger partial charge in [0.15, 0.2) is 0 Å². The molecule has 0 spiro atoms. The van der Waals surface area contributed by atoms with E-state index in [2.05, 4.69) is 0 Å². The highest BCUT2D eigenvalue weighted by molar-refractivity contribution is 7.89. The second-order valence-corrected chi connectivity index (χ2v) is 7.53. The lowest BCUT2D eigenvalue weighted by molar-refractivity contribution is 0.396. The topological polar surface area (TPSA) is 37.4 Å². The zero-order chi connectivity index (χ0) is 15.7. The van der Waals surface area contributed by atoms with Crippen LogP contribution in [-0.2, 0) is 10.0 Å². The third-order valence-electron chi connectivity index (χ3n) is 4.05. The molecule has 0 aliphatic carbocycles. The summed E-state index contributed by atoms with van der Waals surface area (Å²) in [4.78, 5) is 0.321. The Labute approximate surface area is 130 Å². The minimum Gasteiger partial charge on any atom is -0.207 e. The first kappa shape index (κ1) is 15.2. The molecule has 0 amide bonds. The normalized spacial score (nSPS) is 19.5. The third kappa shape index (κ3) is 2.78. The summed E-state index contributed by atoms with van der Waals surface area (Å²) < 4.78 is 40.4. The van der Waals surface area contributed by atoms with Crippen molar-refractivity contribution in [2.45, 2.75) is 30.7 Å². The molecule has 0 N–H and O–H groups in total. The molecule has 1 saturated heterocycles. The van der Waals surface area contributed by atoms with E-state index in [4.69, 9.17) is 0 Å². The van der Waals surface area contributed by atoms with Crippen molar-refractivity contribution in [2.75, 3.05) is 6.54 Å². The summed E-state index contributed by atoms with van der Waals surface area (Å²) in [6.07, 6.45) is 1.57. The largest absolute Gasteiger partial charge is 0.243 e. The number of sulfonamides is 1. The van der Waals surface area contributed by atoms with Crippen molar-refractivity contribution in [1.29, 1.82) is 0 Å². The zero-order valence-electron chi connectivity index (χ0n) is 12.4. The molecule has 5 heteroatoms. The van der Waals surface area contributed by atoms with E-state index in [1.807, 2.05) is 13.0 Å². The molecule has 1 aliphatic heterocycles. The van der Waals surface area contributed by atoms with Crippen LogP contribution < -0.4 is 0 Å². The van der Waals surface area contributed by atoms with Crippen LogP contribution in [0.3, 0.4) is 0 Å². The van der Waals surface area contributed by atoms with Crippen LogP contribution in [0.1, 0.15) is 30.0 Å². The summed E-state index contributed by atoms with van der Waals surface area (Å²) >= 11 is 0. The molecule has 116 valence electrons. The van der Waals surface area contributed by atoms with E-state index in [-0.39, 0.29) is 11.9 Å². The fraction of sp³-hybridized carbons (Fsp3) is 0.294. The van der Waals surface area contributed by atoms with Gasteiger partial charge in [-0.05, 0) is 55.2 Å². The number of hydrogen-bond acceptors (Lipinski definition) is 2. The molecule has 0 bridgehead atoms. The van der Waals surface area contributed by atoms with E-state index in [9.17, 15) is 12.8 Å². The number of nitrogens with zero attached hydrogens (tertiary/aromatic N) is 1. The van der Waals surface area contributed by atoms with Crippen LogP contribution in [-0.4, -0.2) is 19.3 Å². The second-order valence-electron chi connectivity index (χ2n) is 5.64. The molecule has 1 atom stereocenters. The van der Waals surface area contributed by atoms with Gasteiger partial charge in [-0.3, -0.25) is 0 Å². The van der Waals surface area contributed by atoms with E-state index in [0.29, 0.717) is 11.4 Å². The summed E-state index contributed by atoms with van der Waals surface area (Å²) in [6, 6.07) is 12.8. The highest BCUT2D eigenvalue weighted by Crippen LogP contribution is 2.36. The molecule has 0 radical (unpaired) electrons. The minimum absolute atomic E-state index is 0.217. The molecular weight excluding hydrogens is 301 g/mol. The standard InChI is InChI=1S/C17H18FNO2S/c1-13-4-2-5-16(12-13)22(20,21)19-11-3-6-17(19)14-7-9-15(18)10-8-14/h2,4-5,7-10,12,17H,3,6,11H2,1H3/t17-/m0/s1. The van der Waals surface area contributed by atoms with Crippen LogP contribution in [0.2, 0.25) is 0 Å². The number of rotatable bonds is 3. The molecule has 1 heterocycles. The molecule has 1 aliphatic rings. The molecule has 2 aromatic carbocycles. The summed E-state index contributed by atoms with van der Waals surface area (Å²) in [7, 11) is -3.53. The number of benzene rings is 2. The first-order valence-electron chi connectivity index (χ1n) is 7.32. The van der Waals surface area contributed by atoms with E-state index in [0.717, 1.165) is 24.0 Å². The average molecular weight is 319 g/mol. The second kappa shape index (κ2) is 5.82. The van der Waals surface area contributed by atoms with Crippen LogP contribution in [0.4, 0.5) is 4.39 Å². The molecule has 22 heavy (non-hydrogen) atoms. The lowest BCUT2D eigenvalue weighted by Crippen LogP contribution is -2.30. The lowest BCUT2D eigenvalue weighted by Gasteiger charge is -2.24. The first-order chi connectivity index (χ1) is 10.5. The Morgan fingerprint density at radius 3 is 2.55 bits per heavy atom. The van der Waals surface area contributed by atoms with Crippen molar-refractivity contribution in [3.8, 4) is 0 Å². The van der Waals surface area contributed by atoms with E-state index >= 15 is 0 Å². The van der Waals surface area contributed by atoms with E-state index in [1.54, 1.807) is 30.3 Å². The number of hydrogen-bond donors (Lipinski definition) is 0. The Balaban J connectivity index is 1.97. The van der Waals surface area contributed by atoms with E-state index < -0.39 is 10.0 Å². The maximum Gasteiger partial charge on any atom is 0.243 e. The van der Waals surface area contributed by atoms with Gasteiger partial charge in [0, 0.05) is 6.54 Å². The molecule has 0 saturated carbocycles. The third-order valence-corrected chi connectivity index (χ3v) is 5.96. The number of halogens is 1. The highest BCUT2D eigenvalue weighted by atomic mass is 32.2. The van der Waals surface area contributed by atoms with Gasteiger partial charge in [0.2, 0.25) is 10.0 Å². The summed E-state index contributed by atoms with van der Waals surface area (Å²) in [5.74, 6) is -0.310. The van der Waals surface area contributed by atoms with Crippen LogP contribution in [0.5, 0.6) is 0 Å². The van der Waals surface area contributed by atoms with Crippen molar-refractivity contribution in [2.24, 2.45) is 0 Å². The van der Waals surface area contributed by atoms with Crippen LogP contribution in [0, 0.1) is 12.7 Å². The van der Waals surface area contributed by atoms with Crippen molar-refractivity contribution in [1.82, 2.24) is 4.31 Å². The Kier molecular flexibility index (Phi) is 4.02. The summed E-state index contributed by atoms with van der Waals surface area (Å²) in [5.41, 5.74) is 1.76. The molecule has 1 fully saturated rings. The summed E-state index contributed by atoms with van der Waals surface area (Å²) in [5, 5.41) is 0. The maximum absolute atomic E-state index is 13.1. The van der Waals surface area contributed by atoms with Gasteiger partial charge in [-0.1, -0.05) is 24.3 Å². The zero-order valence-corrected chi connectivity index (χ0v) is 13.2. The van der Waals surface area contributed by atoms with Gasteiger partial charge < -0.3 is 0 Å². The molecule has 2 aromatic rings. The fourth-order valence-electron chi connectivity index (χ4n) is 2.96. The van der Waals surface area contributed by atoms with Gasteiger partial charge in [0.25, 0.3) is 0 Å². The average Bonchev–Trinajstić information content (AvgIpc) is 2.98. The SMILES string of the molecule is Cc1cccc(S(=O)(=O)N2CCC[C@H]2c2ccc(F)cc2)c1. The van der Waals surface area contributed by atoms with Gasteiger partial charge in [-0.25, -0.2) is 12.8 Å². The highest BCUT2D eigenvalue weighted by Gasteiger charge is 2.36. The van der Waals surface area contributed by atoms with Gasteiger partial charge in [-0.2, -0.15) is 4.31 Å². The van der Waals surface area contributed by atoms with Crippen molar-refractivity contribution in [3.63, 3.8) is 0 Å². The summed E-state index contributed by atoms with van der Waals surface area (Å²) in [6.45, 7) is 2.37. The fourth-order valence-corrected chi connectivity index (χ4v) is 4.74. The quantitative estimate of drug-likeness (QED) is 0.866. The van der Waals surface area contributed by atoms with Crippen molar-refractivity contribution in [3.05, 3.63) is 65.5 Å².